The fourth-order valence-corrected chi connectivity index (χ4v) is 2.24. The Bertz CT molecular complexity index is 428. The topological polar surface area (TPSA) is 0 Å². The second kappa shape index (κ2) is 3.23. The number of allylic oxidation sites excluding steroid dienone is 1. The largest absolute Gasteiger partial charge is 0.0683 e. The van der Waals surface area contributed by atoms with Crippen molar-refractivity contribution >= 4 is 6.08 Å². The highest BCUT2D eigenvalue weighted by molar-refractivity contribution is 5.66. The van der Waals surface area contributed by atoms with Crippen LogP contribution in [0.25, 0.3) is 6.08 Å². The number of hydrogen-bond acceptors (Lipinski definition) is 0. The van der Waals surface area contributed by atoms with Crippen LogP contribution in [0.3, 0.4) is 0 Å². The lowest BCUT2D eigenvalue weighted by Crippen LogP contribution is -2.12. The molecule has 0 radical (unpaired) electrons. The molecule has 0 heterocycles. The molecule has 2 rings (SSSR count). The molecule has 1 aromatic carbocycles. The van der Waals surface area contributed by atoms with Crippen molar-refractivity contribution in [1.82, 2.24) is 0 Å². The number of aryl methyl sites for hydroxylation is 1. The summed E-state index contributed by atoms with van der Waals surface area (Å²) in [6.07, 6.45) is 3.48. The third-order valence-corrected chi connectivity index (χ3v) is 3.23. The standard InChI is InChI=1S/C15H20/c1-10-6-12-9-13(15(3,4)5)8-11(2)14(12)7-10/h6,8-9H,7H2,1-5H3. The van der Waals surface area contributed by atoms with E-state index in [0.717, 1.165) is 6.42 Å². The van der Waals surface area contributed by atoms with Gasteiger partial charge in [0.1, 0.15) is 0 Å². The van der Waals surface area contributed by atoms with Crippen molar-refractivity contribution < 1.29 is 0 Å². The Morgan fingerprint density at radius 3 is 2.33 bits per heavy atom. The van der Waals surface area contributed by atoms with Crippen molar-refractivity contribution in [2.24, 2.45) is 0 Å². The van der Waals surface area contributed by atoms with Gasteiger partial charge in [0.25, 0.3) is 0 Å². The van der Waals surface area contributed by atoms with Crippen molar-refractivity contribution in [2.45, 2.75) is 46.5 Å². The zero-order valence-electron chi connectivity index (χ0n) is 10.4. The molecule has 0 saturated carbocycles. The van der Waals surface area contributed by atoms with E-state index in [-0.39, 0.29) is 5.41 Å². The Hall–Kier alpha value is -1.04. The molecule has 0 N–H and O–H groups in total. The average molecular weight is 200 g/mol. The lowest BCUT2D eigenvalue weighted by molar-refractivity contribution is 0.589. The van der Waals surface area contributed by atoms with Gasteiger partial charge >= 0.3 is 0 Å². The first-order chi connectivity index (χ1) is 6.88. The maximum Gasteiger partial charge on any atom is -0.00580 e. The number of benzene rings is 1. The zero-order chi connectivity index (χ0) is 11.2. The van der Waals surface area contributed by atoms with Crippen LogP contribution in [0.2, 0.25) is 0 Å². The molecular weight excluding hydrogens is 180 g/mol. The van der Waals surface area contributed by atoms with Gasteiger partial charge in [0, 0.05) is 0 Å². The molecule has 0 saturated heterocycles. The number of hydrogen-bond donors (Lipinski definition) is 0. The van der Waals surface area contributed by atoms with Crippen molar-refractivity contribution in [3.05, 3.63) is 40.0 Å². The minimum absolute atomic E-state index is 0.254. The minimum atomic E-state index is 0.254. The second-order valence-electron chi connectivity index (χ2n) is 5.78. The van der Waals surface area contributed by atoms with Crippen molar-refractivity contribution in [2.75, 3.05) is 0 Å². The first kappa shape index (κ1) is 10.5. The van der Waals surface area contributed by atoms with Gasteiger partial charge in [0.2, 0.25) is 0 Å². The average Bonchev–Trinajstić information content (AvgIpc) is 2.44. The van der Waals surface area contributed by atoms with Gasteiger partial charge in [-0.3, -0.25) is 0 Å². The van der Waals surface area contributed by atoms with Crippen LogP contribution in [0, 0.1) is 6.92 Å². The van der Waals surface area contributed by atoms with E-state index in [2.05, 4.69) is 52.8 Å². The fourth-order valence-electron chi connectivity index (χ4n) is 2.24. The van der Waals surface area contributed by atoms with E-state index < -0.39 is 0 Å². The fraction of sp³-hybridized carbons (Fsp3) is 0.467. The van der Waals surface area contributed by atoms with Crippen LogP contribution in [0.1, 0.15) is 49.9 Å². The molecule has 0 bridgehead atoms. The highest BCUT2D eigenvalue weighted by Gasteiger charge is 2.19. The van der Waals surface area contributed by atoms with E-state index in [9.17, 15) is 0 Å². The minimum Gasteiger partial charge on any atom is -0.0683 e. The summed E-state index contributed by atoms with van der Waals surface area (Å²) in [5.74, 6) is 0. The summed E-state index contributed by atoms with van der Waals surface area (Å²) in [4.78, 5) is 0. The first-order valence-corrected chi connectivity index (χ1v) is 5.69. The smallest absolute Gasteiger partial charge is 0.00580 e. The third-order valence-electron chi connectivity index (χ3n) is 3.23. The van der Waals surface area contributed by atoms with Crippen molar-refractivity contribution in [1.29, 1.82) is 0 Å². The first-order valence-electron chi connectivity index (χ1n) is 5.69. The van der Waals surface area contributed by atoms with Crippen LogP contribution in [-0.2, 0) is 11.8 Å². The molecule has 0 unspecified atom stereocenters. The maximum absolute atomic E-state index is 2.36. The summed E-state index contributed by atoms with van der Waals surface area (Å²) in [5, 5.41) is 0. The van der Waals surface area contributed by atoms with E-state index in [4.69, 9.17) is 0 Å². The SMILES string of the molecule is CC1=Cc2cc(C(C)(C)C)cc(C)c2C1. The van der Waals surface area contributed by atoms with Crippen molar-refractivity contribution in [3.63, 3.8) is 0 Å². The molecule has 0 atom stereocenters. The molecule has 0 aliphatic heterocycles. The summed E-state index contributed by atoms with van der Waals surface area (Å²) in [5.41, 5.74) is 7.61. The van der Waals surface area contributed by atoms with E-state index in [1.54, 1.807) is 0 Å². The van der Waals surface area contributed by atoms with Crippen LogP contribution < -0.4 is 0 Å². The lowest BCUT2D eigenvalue weighted by Gasteiger charge is -2.21. The Balaban J connectivity index is 2.56. The summed E-state index contributed by atoms with van der Waals surface area (Å²) < 4.78 is 0. The van der Waals surface area contributed by atoms with Gasteiger partial charge in [-0.15, -0.1) is 0 Å². The third kappa shape index (κ3) is 1.86. The summed E-state index contributed by atoms with van der Waals surface area (Å²) in [7, 11) is 0. The highest BCUT2D eigenvalue weighted by Crippen LogP contribution is 2.32. The lowest BCUT2D eigenvalue weighted by atomic mass is 9.84. The van der Waals surface area contributed by atoms with Gasteiger partial charge in [0.05, 0.1) is 0 Å². The molecule has 80 valence electrons. The summed E-state index contributed by atoms with van der Waals surface area (Å²) in [6.45, 7) is 11.3. The maximum atomic E-state index is 2.36. The Labute approximate surface area is 93.0 Å². The summed E-state index contributed by atoms with van der Waals surface area (Å²) >= 11 is 0. The van der Waals surface area contributed by atoms with E-state index in [1.807, 2.05) is 0 Å². The van der Waals surface area contributed by atoms with E-state index >= 15 is 0 Å². The molecule has 1 aromatic rings. The summed E-state index contributed by atoms with van der Waals surface area (Å²) in [6, 6.07) is 4.71. The van der Waals surface area contributed by atoms with Crippen LogP contribution in [0.5, 0.6) is 0 Å². The second-order valence-corrected chi connectivity index (χ2v) is 5.78. The molecule has 0 heteroatoms. The van der Waals surface area contributed by atoms with E-state index in [0.29, 0.717) is 0 Å². The molecule has 0 nitrogen and oxygen atoms in total. The Kier molecular flexibility index (Phi) is 2.26. The van der Waals surface area contributed by atoms with E-state index in [1.165, 1.54) is 27.8 Å². The Morgan fingerprint density at radius 2 is 1.73 bits per heavy atom. The molecular formula is C15H20. The number of rotatable bonds is 0. The quantitative estimate of drug-likeness (QED) is 0.587. The van der Waals surface area contributed by atoms with Gasteiger partial charge < -0.3 is 0 Å². The van der Waals surface area contributed by atoms with Crippen molar-refractivity contribution in [3.8, 4) is 0 Å². The Morgan fingerprint density at radius 1 is 1.07 bits per heavy atom. The molecule has 0 amide bonds. The van der Waals surface area contributed by atoms with Crippen LogP contribution in [0.15, 0.2) is 17.7 Å². The molecule has 15 heavy (non-hydrogen) atoms. The molecule has 1 aliphatic rings. The normalized spacial score (nSPS) is 15.1. The van der Waals surface area contributed by atoms with Crippen LogP contribution in [-0.4, -0.2) is 0 Å². The van der Waals surface area contributed by atoms with Crippen LogP contribution >= 0.6 is 0 Å². The molecule has 1 aliphatic carbocycles. The van der Waals surface area contributed by atoms with Gasteiger partial charge in [0.15, 0.2) is 0 Å². The van der Waals surface area contributed by atoms with Gasteiger partial charge in [-0.1, -0.05) is 44.6 Å². The molecule has 0 spiro atoms. The molecule has 0 aromatic heterocycles. The monoisotopic (exact) mass is 200 g/mol. The highest BCUT2D eigenvalue weighted by atomic mass is 14.2. The van der Waals surface area contributed by atoms with Crippen LogP contribution in [0.4, 0.5) is 0 Å². The van der Waals surface area contributed by atoms with Gasteiger partial charge in [-0.05, 0) is 47.9 Å². The number of fused-ring (bicyclic) bond motifs is 1. The van der Waals surface area contributed by atoms with Gasteiger partial charge in [-0.2, -0.15) is 0 Å². The molecule has 0 fully saturated rings. The predicted molar refractivity (Wildman–Crippen MR) is 67.2 cm³/mol. The zero-order valence-corrected chi connectivity index (χ0v) is 10.4. The predicted octanol–water partition coefficient (Wildman–Crippen LogP) is 4.25. The van der Waals surface area contributed by atoms with Gasteiger partial charge in [-0.25, -0.2) is 0 Å².